The van der Waals surface area contributed by atoms with Crippen LogP contribution in [0.3, 0.4) is 0 Å². The Morgan fingerprint density at radius 1 is 1.03 bits per heavy atom. The second-order valence-electron chi connectivity index (χ2n) is 7.07. The monoisotopic (exact) mass is 416 g/mol. The van der Waals surface area contributed by atoms with Crippen molar-refractivity contribution in [2.24, 2.45) is 5.92 Å². The van der Waals surface area contributed by atoms with Crippen LogP contribution in [0.15, 0.2) is 48.5 Å². The average molecular weight is 417 g/mol. The van der Waals surface area contributed by atoms with Crippen LogP contribution in [0.5, 0.6) is 5.75 Å². The van der Waals surface area contributed by atoms with Gasteiger partial charge in [0.1, 0.15) is 11.7 Å². The van der Waals surface area contributed by atoms with E-state index in [0.29, 0.717) is 23.8 Å². The first kappa shape index (κ1) is 23.0. The Bertz CT molecular complexity index is 804. The molecule has 5 heteroatoms. The number of unbranched alkanes of at least 4 members (excludes halogenated alkanes) is 1. The maximum absolute atomic E-state index is 13.4. The Morgan fingerprint density at radius 3 is 2.38 bits per heavy atom. The van der Waals surface area contributed by atoms with Crippen LogP contribution in [0.25, 0.3) is 0 Å². The van der Waals surface area contributed by atoms with Gasteiger partial charge in [-0.15, -0.1) is 0 Å². The molecule has 0 spiro atoms. The van der Waals surface area contributed by atoms with E-state index in [2.05, 4.69) is 13.8 Å². The van der Waals surface area contributed by atoms with Gasteiger partial charge in [-0.3, -0.25) is 9.59 Å². The highest BCUT2D eigenvalue weighted by Gasteiger charge is 2.34. The number of Topliss-reactive ketones (excluding diaryl/α,β-unsaturated/α-hetero) is 1. The smallest absolute Gasteiger partial charge is 0.321 e. The van der Waals surface area contributed by atoms with Crippen LogP contribution in [0.1, 0.15) is 61.4 Å². The van der Waals surface area contributed by atoms with Crippen molar-refractivity contribution in [2.45, 2.75) is 45.4 Å². The highest BCUT2D eigenvalue weighted by molar-refractivity contribution is 6.35. The summed E-state index contributed by atoms with van der Waals surface area (Å²) >= 11 is 6.29. The van der Waals surface area contributed by atoms with E-state index >= 15 is 0 Å². The van der Waals surface area contributed by atoms with Gasteiger partial charge in [-0.2, -0.15) is 0 Å². The Hall–Kier alpha value is -2.33. The predicted octanol–water partition coefficient (Wildman–Crippen LogP) is 6.07. The quantitative estimate of drug-likeness (QED) is 0.253. The SMILES string of the molecule is CCCCC(CC)COC(=O)C(C(=O)c1c(Cl)cccc1OC)c1ccccc1. The number of esters is 1. The molecule has 0 N–H and O–H groups in total. The van der Waals surface area contributed by atoms with Gasteiger partial charge in [0.25, 0.3) is 0 Å². The van der Waals surface area contributed by atoms with Crippen molar-refractivity contribution >= 4 is 23.4 Å². The van der Waals surface area contributed by atoms with Gasteiger partial charge in [0.15, 0.2) is 5.78 Å². The molecular formula is C24H29ClO4. The number of carbonyl (C=O) groups excluding carboxylic acids is 2. The first-order valence-electron chi connectivity index (χ1n) is 10.1. The predicted molar refractivity (Wildman–Crippen MR) is 116 cm³/mol. The molecule has 0 bridgehead atoms. The van der Waals surface area contributed by atoms with Crippen molar-refractivity contribution in [3.63, 3.8) is 0 Å². The van der Waals surface area contributed by atoms with Crippen molar-refractivity contribution in [1.82, 2.24) is 0 Å². The molecule has 0 aromatic heterocycles. The van der Waals surface area contributed by atoms with Crippen molar-refractivity contribution in [2.75, 3.05) is 13.7 Å². The molecule has 0 amide bonds. The van der Waals surface area contributed by atoms with E-state index in [1.165, 1.54) is 7.11 Å². The van der Waals surface area contributed by atoms with Gasteiger partial charge < -0.3 is 9.47 Å². The van der Waals surface area contributed by atoms with Gasteiger partial charge in [0.05, 0.1) is 24.3 Å². The topological polar surface area (TPSA) is 52.6 Å². The Labute approximate surface area is 178 Å². The molecule has 2 aromatic rings. The molecule has 0 aliphatic carbocycles. The molecule has 0 aliphatic heterocycles. The number of methoxy groups -OCH3 is 1. The van der Waals surface area contributed by atoms with Crippen LogP contribution in [0, 0.1) is 5.92 Å². The third-order valence-electron chi connectivity index (χ3n) is 5.08. The lowest BCUT2D eigenvalue weighted by atomic mass is 9.90. The van der Waals surface area contributed by atoms with Crippen molar-refractivity contribution in [3.8, 4) is 5.75 Å². The molecular weight excluding hydrogens is 388 g/mol. The van der Waals surface area contributed by atoms with Gasteiger partial charge in [0.2, 0.25) is 0 Å². The van der Waals surface area contributed by atoms with Gasteiger partial charge >= 0.3 is 5.97 Å². The molecule has 156 valence electrons. The Kier molecular flexibility index (Phi) is 9.20. The maximum Gasteiger partial charge on any atom is 0.321 e. The van der Waals surface area contributed by atoms with E-state index in [1.807, 2.05) is 6.07 Å². The normalized spacial score (nSPS) is 12.8. The first-order chi connectivity index (χ1) is 14.0. The number of hydrogen-bond acceptors (Lipinski definition) is 4. The number of ether oxygens (including phenoxy) is 2. The van der Waals surface area contributed by atoms with Gasteiger partial charge in [-0.1, -0.05) is 81.1 Å². The lowest BCUT2D eigenvalue weighted by molar-refractivity contribution is -0.145. The summed E-state index contributed by atoms with van der Waals surface area (Å²) in [5.41, 5.74) is 0.770. The third-order valence-corrected chi connectivity index (χ3v) is 5.39. The summed E-state index contributed by atoms with van der Waals surface area (Å²) in [6.07, 6.45) is 4.12. The van der Waals surface area contributed by atoms with E-state index in [0.717, 1.165) is 25.7 Å². The van der Waals surface area contributed by atoms with Gasteiger partial charge in [-0.25, -0.2) is 0 Å². The summed E-state index contributed by atoms with van der Waals surface area (Å²) in [7, 11) is 1.47. The van der Waals surface area contributed by atoms with Crippen molar-refractivity contribution < 1.29 is 19.1 Å². The van der Waals surface area contributed by atoms with E-state index in [4.69, 9.17) is 21.1 Å². The molecule has 4 nitrogen and oxygen atoms in total. The minimum absolute atomic E-state index is 0.195. The molecule has 0 saturated heterocycles. The fraction of sp³-hybridized carbons (Fsp3) is 0.417. The number of ketones is 1. The molecule has 2 rings (SSSR count). The zero-order valence-corrected chi connectivity index (χ0v) is 18.1. The van der Waals surface area contributed by atoms with E-state index in [-0.39, 0.29) is 10.6 Å². The minimum atomic E-state index is -1.09. The van der Waals surface area contributed by atoms with Gasteiger partial charge in [0, 0.05) is 0 Å². The first-order valence-corrected chi connectivity index (χ1v) is 10.5. The standard InChI is InChI=1S/C24H29ClO4/c1-4-6-11-17(5-2)16-29-24(27)21(18-12-8-7-9-13-18)23(26)22-19(25)14-10-15-20(22)28-3/h7-10,12-15,17,21H,4-6,11,16H2,1-3H3. The Balaban J connectivity index is 2.31. The zero-order valence-electron chi connectivity index (χ0n) is 17.3. The van der Waals surface area contributed by atoms with Crippen LogP contribution in [-0.4, -0.2) is 25.5 Å². The summed E-state index contributed by atoms with van der Waals surface area (Å²) in [6.45, 7) is 4.54. The van der Waals surface area contributed by atoms with Crippen LogP contribution in [-0.2, 0) is 9.53 Å². The number of hydrogen-bond donors (Lipinski definition) is 0. The zero-order chi connectivity index (χ0) is 21.2. The van der Waals surface area contributed by atoms with Crippen molar-refractivity contribution in [1.29, 1.82) is 0 Å². The van der Waals surface area contributed by atoms with Crippen LogP contribution >= 0.6 is 11.6 Å². The molecule has 2 aromatic carbocycles. The number of halogens is 1. The van der Waals surface area contributed by atoms with Crippen molar-refractivity contribution in [3.05, 3.63) is 64.7 Å². The fourth-order valence-electron chi connectivity index (χ4n) is 3.28. The molecule has 0 heterocycles. The van der Waals surface area contributed by atoms with Crippen LogP contribution < -0.4 is 4.74 Å². The lowest BCUT2D eigenvalue weighted by Crippen LogP contribution is -2.27. The molecule has 0 fully saturated rings. The maximum atomic E-state index is 13.4. The van der Waals surface area contributed by atoms with E-state index in [9.17, 15) is 9.59 Å². The van der Waals surface area contributed by atoms with Crippen LogP contribution in [0.2, 0.25) is 5.02 Å². The summed E-state index contributed by atoms with van der Waals surface area (Å²) < 4.78 is 10.9. The molecule has 29 heavy (non-hydrogen) atoms. The molecule has 0 saturated carbocycles. The molecule has 2 atom stereocenters. The van der Waals surface area contributed by atoms with Crippen LogP contribution in [0.4, 0.5) is 0 Å². The van der Waals surface area contributed by atoms with E-state index in [1.54, 1.807) is 42.5 Å². The Morgan fingerprint density at radius 2 is 1.76 bits per heavy atom. The molecule has 0 aliphatic rings. The second-order valence-corrected chi connectivity index (χ2v) is 7.48. The fourth-order valence-corrected chi connectivity index (χ4v) is 3.54. The highest BCUT2D eigenvalue weighted by atomic mass is 35.5. The third kappa shape index (κ3) is 6.07. The minimum Gasteiger partial charge on any atom is -0.496 e. The summed E-state index contributed by atoms with van der Waals surface area (Å²) in [4.78, 5) is 26.4. The summed E-state index contributed by atoms with van der Waals surface area (Å²) in [5.74, 6) is -1.44. The second kappa shape index (κ2) is 11.6. The lowest BCUT2D eigenvalue weighted by Gasteiger charge is -2.20. The van der Waals surface area contributed by atoms with E-state index < -0.39 is 17.7 Å². The number of carbonyl (C=O) groups is 2. The highest BCUT2D eigenvalue weighted by Crippen LogP contribution is 2.33. The van der Waals surface area contributed by atoms with Gasteiger partial charge in [-0.05, 0) is 30.0 Å². The molecule has 2 unspecified atom stereocenters. The number of rotatable bonds is 11. The average Bonchev–Trinajstić information content (AvgIpc) is 2.74. The summed E-state index contributed by atoms with van der Waals surface area (Å²) in [5, 5.41) is 0.248. The largest absolute Gasteiger partial charge is 0.496 e. The summed E-state index contributed by atoms with van der Waals surface area (Å²) in [6, 6.07) is 13.9. The number of benzene rings is 2. The molecule has 0 radical (unpaired) electrons.